The van der Waals surface area contributed by atoms with Gasteiger partial charge in [-0.1, -0.05) is 13.0 Å². The molecule has 0 aliphatic rings. The average molecular weight is 207 g/mol. The van der Waals surface area contributed by atoms with Crippen molar-refractivity contribution in [2.45, 2.75) is 13.3 Å². The molecule has 0 aliphatic heterocycles. The summed E-state index contributed by atoms with van der Waals surface area (Å²) in [6.07, 6.45) is 0.336. The molecule has 0 atom stereocenters. The Kier molecular flexibility index (Phi) is 2.37. The standard InChI is InChI=1S/C10H10FN3O/c1-2-8(15)12-10-9-6(11)4-3-5-7(9)13-14-10/h3-5H,2H2,1H3,(H2,12,13,14,15). The van der Waals surface area contributed by atoms with Gasteiger partial charge in [0.1, 0.15) is 5.82 Å². The molecule has 0 unspecified atom stereocenters. The van der Waals surface area contributed by atoms with Crippen LogP contribution in [0.2, 0.25) is 0 Å². The highest BCUT2D eigenvalue weighted by atomic mass is 19.1. The molecule has 0 aliphatic carbocycles. The number of carbonyl (C=O) groups excluding carboxylic acids is 1. The van der Waals surface area contributed by atoms with Crippen LogP contribution in [0.1, 0.15) is 13.3 Å². The number of aromatic amines is 1. The van der Waals surface area contributed by atoms with Crippen molar-refractivity contribution in [3.8, 4) is 0 Å². The van der Waals surface area contributed by atoms with Crippen LogP contribution in [0.4, 0.5) is 10.2 Å². The number of nitrogens with one attached hydrogen (secondary N) is 2. The van der Waals surface area contributed by atoms with Crippen LogP contribution >= 0.6 is 0 Å². The van der Waals surface area contributed by atoms with E-state index in [1.807, 2.05) is 0 Å². The smallest absolute Gasteiger partial charge is 0.225 e. The van der Waals surface area contributed by atoms with Crippen molar-refractivity contribution in [2.24, 2.45) is 0 Å². The molecular formula is C10H10FN3O. The van der Waals surface area contributed by atoms with Crippen molar-refractivity contribution in [2.75, 3.05) is 5.32 Å². The number of H-pyrrole nitrogens is 1. The largest absolute Gasteiger partial charge is 0.309 e. The number of aromatic nitrogens is 2. The van der Waals surface area contributed by atoms with Gasteiger partial charge in [0.05, 0.1) is 10.9 Å². The van der Waals surface area contributed by atoms with Crippen LogP contribution in [-0.4, -0.2) is 16.1 Å². The van der Waals surface area contributed by atoms with E-state index in [0.717, 1.165) is 0 Å². The molecule has 1 amide bonds. The number of hydrogen-bond acceptors (Lipinski definition) is 2. The summed E-state index contributed by atoms with van der Waals surface area (Å²) in [4.78, 5) is 11.1. The molecule has 4 nitrogen and oxygen atoms in total. The summed E-state index contributed by atoms with van der Waals surface area (Å²) in [5, 5.41) is 9.35. The lowest BCUT2D eigenvalue weighted by atomic mass is 10.2. The highest BCUT2D eigenvalue weighted by molar-refractivity contribution is 5.99. The summed E-state index contributed by atoms with van der Waals surface area (Å²) < 4.78 is 13.4. The maximum Gasteiger partial charge on any atom is 0.225 e. The van der Waals surface area contributed by atoms with Crippen molar-refractivity contribution < 1.29 is 9.18 Å². The van der Waals surface area contributed by atoms with E-state index in [-0.39, 0.29) is 11.7 Å². The number of carbonyl (C=O) groups is 1. The minimum Gasteiger partial charge on any atom is -0.309 e. The quantitative estimate of drug-likeness (QED) is 0.791. The van der Waals surface area contributed by atoms with Gasteiger partial charge in [-0.25, -0.2) is 4.39 Å². The Morgan fingerprint density at radius 3 is 3.13 bits per heavy atom. The van der Waals surface area contributed by atoms with Crippen LogP contribution in [0.5, 0.6) is 0 Å². The van der Waals surface area contributed by atoms with Crippen LogP contribution in [0.15, 0.2) is 18.2 Å². The van der Waals surface area contributed by atoms with Crippen LogP contribution in [0.3, 0.4) is 0 Å². The third-order valence-electron chi connectivity index (χ3n) is 2.12. The van der Waals surface area contributed by atoms with Crippen LogP contribution < -0.4 is 5.32 Å². The Morgan fingerprint density at radius 2 is 2.40 bits per heavy atom. The zero-order valence-corrected chi connectivity index (χ0v) is 8.17. The predicted molar refractivity (Wildman–Crippen MR) is 55.0 cm³/mol. The molecular weight excluding hydrogens is 197 g/mol. The second-order valence-electron chi connectivity index (χ2n) is 3.14. The van der Waals surface area contributed by atoms with Crippen molar-refractivity contribution in [1.82, 2.24) is 10.2 Å². The third-order valence-corrected chi connectivity index (χ3v) is 2.12. The molecule has 1 heterocycles. The lowest BCUT2D eigenvalue weighted by Gasteiger charge is -1.99. The SMILES string of the molecule is CCC(=O)Nc1n[nH]c2cccc(F)c12. The van der Waals surface area contributed by atoms with E-state index in [0.29, 0.717) is 17.3 Å². The Balaban J connectivity index is 2.48. The molecule has 0 saturated carbocycles. The number of hydrogen-bond donors (Lipinski definition) is 2. The Bertz CT molecular complexity index is 506. The summed E-state index contributed by atoms with van der Waals surface area (Å²) in [7, 11) is 0. The van der Waals surface area contributed by atoms with Gasteiger partial charge in [-0.15, -0.1) is 0 Å². The normalized spacial score (nSPS) is 10.5. The lowest BCUT2D eigenvalue weighted by molar-refractivity contribution is -0.115. The number of amides is 1. The molecule has 1 aromatic heterocycles. The van der Waals surface area contributed by atoms with E-state index in [1.54, 1.807) is 19.1 Å². The number of halogens is 1. The zero-order chi connectivity index (χ0) is 10.8. The van der Waals surface area contributed by atoms with Gasteiger partial charge in [0.25, 0.3) is 0 Å². The Labute approximate surface area is 85.5 Å². The molecule has 2 aromatic rings. The molecule has 15 heavy (non-hydrogen) atoms. The number of anilines is 1. The van der Waals surface area contributed by atoms with E-state index in [9.17, 15) is 9.18 Å². The molecule has 0 radical (unpaired) electrons. The van der Waals surface area contributed by atoms with Crippen LogP contribution in [-0.2, 0) is 4.79 Å². The first kappa shape index (κ1) is 9.64. The molecule has 2 rings (SSSR count). The van der Waals surface area contributed by atoms with Gasteiger partial charge in [-0.3, -0.25) is 9.89 Å². The maximum absolute atomic E-state index is 13.4. The molecule has 1 aromatic carbocycles. The second kappa shape index (κ2) is 3.68. The fourth-order valence-corrected chi connectivity index (χ4v) is 1.34. The van der Waals surface area contributed by atoms with E-state index in [4.69, 9.17) is 0 Å². The van der Waals surface area contributed by atoms with Gasteiger partial charge < -0.3 is 5.32 Å². The van der Waals surface area contributed by atoms with E-state index in [2.05, 4.69) is 15.5 Å². The van der Waals surface area contributed by atoms with Gasteiger partial charge >= 0.3 is 0 Å². The van der Waals surface area contributed by atoms with E-state index < -0.39 is 5.82 Å². The summed E-state index contributed by atoms with van der Waals surface area (Å²) in [5.41, 5.74) is 0.571. The highest BCUT2D eigenvalue weighted by Gasteiger charge is 2.11. The monoisotopic (exact) mass is 207 g/mol. The van der Waals surface area contributed by atoms with Gasteiger partial charge in [-0.2, -0.15) is 5.10 Å². The third kappa shape index (κ3) is 1.68. The van der Waals surface area contributed by atoms with Crippen molar-refractivity contribution in [3.05, 3.63) is 24.0 Å². The Hall–Kier alpha value is -1.91. The minimum atomic E-state index is -0.396. The number of benzene rings is 1. The average Bonchev–Trinajstić information content (AvgIpc) is 2.63. The molecule has 5 heteroatoms. The highest BCUT2D eigenvalue weighted by Crippen LogP contribution is 2.23. The molecule has 0 fully saturated rings. The molecule has 78 valence electrons. The number of rotatable bonds is 2. The summed E-state index contributed by atoms with van der Waals surface area (Å²) >= 11 is 0. The fourth-order valence-electron chi connectivity index (χ4n) is 1.34. The molecule has 2 N–H and O–H groups in total. The predicted octanol–water partition coefficient (Wildman–Crippen LogP) is 2.05. The first-order chi connectivity index (χ1) is 7.22. The first-order valence-corrected chi connectivity index (χ1v) is 4.64. The summed E-state index contributed by atoms with van der Waals surface area (Å²) in [6.45, 7) is 1.72. The molecule has 0 saturated heterocycles. The minimum absolute atomic E-state index is 0.188. The van der Waals surface area contributed by atoms with Crippen LogP contribution in [0.25, 0.3) is 10.9 Å². The topological polar surface area (TPSA) is 57.8 Å². The van der Waals surface area contributed by atoms with Gasteiger partial charge in [0.15, 0.2) is 5.82 Å². The van der Waals surface area contributed by atoms with Gasteiger partial charge in [0.2, 0.25) is 5.91 Å². The Morgan fingerprint density at radius 1 is 1.60 bits per heavy atom. The van der Waals surface area contributed by atoms with Gasteiger partial charge in [-0.05, 0) is 12.1 Å². The first-order valence-electron chi connectivity index (χ1n) is 4.64. The van der Waals surface area contributed by atoms with Crippen molar-refractivity contribution in [3.63, 3.8) is 0 Å². The number of nitrogens with zero attached hydrogens (tertiary/aromatic N) is 1. The summed E-state index contributed by atoms with van der Waals surface area (Å²) in [5.74, 6) is -0.339. The van der Waals surface area contributed by atoms with Crippen LogP contribution in [0, 0.1) is 5.82 Å². The second-order valence-corrected chi connectivity index (χ2v) is 3.14. The van der Waals surface area contributed by atoms with E-state index in [1.165, 1.54) is 6.07 Å². The number of fused-ring (bicyclic) bond motifs is 1. The van der Waals surface area contributed by atoms with Gasteiger partial charge in [0, 0.05) is 6.42 Å². The lowest BCUT2D eigenvalue weighted by Crippen LogP contribution is -2.10. The molecule has 0 spiro atoms. The molecule has 0 bridgehead atoms. The van der Waals surface area contributed by atoms with Crippen molar-refractivity contribution in [1.29, 1.82) is 0 Å². The van der Waals surface area contributed by atoms with Crippen molar-refractivity contribution >= 4 is 22.6 Å². The summed E-state index contributed by atoms with van der Waals surface area (Å²) in [6, 6.07) is 4.62. The fraction of sp³-hybridized carbons (Fsp3) is 0.200. The zero-order valence-electron chi connectivity index (χ0n) is 8.17. The van der Waals surface area contributed by atoms with E-state index >= 15 is 0 Å². The maximum atomic E-state index is 13.4.